The van der Waals surface area contributed by atoms with Crippen molar-refractivity contribution < 1.29 is 9.53 Å². The van der Waals surface area contributed by atoms with E-state index in [2.05, 4.69) is 9.97 Å². The monoisotopic (exact) mass is 179 g/mol. The number of hydrogen-bond donors (Lipinski definition) is 0. The summed E-state index contributed by atoms with van der Waals surface area (Å²) in [6, 6.07) is 0. The highest BCUT2D eigenvalue weighted by Gasteiger charge is 2.12. The average Bonchev–Trinajstić information content (AvgIpc) is 2.19. The molecule has 4 nitrogen and oxygen atoms in total. The molecule has 13 heavy (non-hydrogen) atoms. The number of rotatable bonds is 5. The van der Waals surface area contributed by atoms with E-state index in [1.54, 1.807) is 18.6 Å². The Kier molecular flexibility index (Phi) is 3.88. The molecule has 0 amide bonds. The third kappa shape index (κ3) is 2.82. The standard InChI is InChI=1S/C9H11N2O2/c1-2-3-9(13-7-12)8-6-10-4-5-11-8/h4-6,9H,2-3H2,1H3. The Bertz CT molecular complexity index is 251. The Balaban J connectivity index is 2.69. The van der Waals surface area contributed by atoms with Gasteiger partial charge in [0, 0.05) is 12.4 Å². The molecule has 69 valence electrons. The molecule has 1 heterocycles. The summed E-state index contributed by atoms with van der Waals surface area (Å²) in [6.07, 6.45) is 6.11. The molecule has 0 aliphatic carbocycles. The topological polar surface area (TPSA) is 52.1 Å². The van der Waals surface area contributed by atoms with Gasteiger partial charge in [0.25, 0.3) is 0 Å². The highest BCUT2D eigenvalue weighted by atomic mass is 16.5. The lowest BCUT2D eigenvalue weighted by atomic mass is 10.1. The number of carbonyl (C=O) groups excluding carboxylic acids is 1. The van der Waals surface area contributed by atoms with Crippen LogP contribution in [0.4, 0.5) is 0 Å². The van der Waals surface area contributed by atoms with Crippen LogP contribution in [0.25, 0.3) is 0 Å². The minimum Gasteiger partial charge on any atom is -0.447 e. The minimum atomic E-state index is -0.309. The van der Waals surface area contributed by atoms with Crippen LogP contribution < -0.4 is 0 Å². The Labute approximate surface area is 77.0 Å². The van der Waals surface area contributed by atoms with Crippen molar-refractivity contribution in [2.75, 3.05) is 0 Å². The van der Waals surface area contributed by atoms with Crippen LogP contribution in [0.2, 0.25) is 0 Å². The fourth-order valence-electron chi connectivity index (χ4n) is 1.06. The summed E-state index contributed by atoms with van der Waals surface area (Å²) in [5.41, 5.74) is 0.674. The second-order valence-electron chi connectivity index (χ2n) is 2.61. The first-order chi connectivity index (χ1) is 6.38. The van der Waals surface area contributed by atoms with Gasteiger partial charge in [-0.15, -0.1) is 0 Å². The maximum absolute atomic E-state index is 10.1. The van der Waals surface area contributed by atoms with Gasteiger partial charge in [-0.05, 0) is 6.42 Å². The Morgan fingerprint density at radius 3 is 3.00 bits per heavy atom. The second-order valence-corrected chi connectivity index (χ2v) is 2.61. The number of hydrogen-bond acceptors (Lipinski definition) is 4. The third-order valence-electron chi connectivity index (χ3n) is 1.65. The van der Waals surface area contributed by atoms with Gasteiger partial charge in [-0.3, -0.25) is 9.97 Å². The summed E-state index contributed by atoms with van der Waals surface area (Å²) in [7, 11) is 0. The van der Waals surface area contributed by atoms with E-state index >= 15 is 0 Å². The summed E-state index contributed by atoms with van der Waals surface area (Å²) in [5, 5.41) is 0. The van der Waals surface area contributed by atoms with Gasteiger partial charge in [0.15, 0.2) is 0 Å². The average molecular weight is 179 g/mol. The number of aromatic nitrogens is 2. The molecule has 1 aromatic rings. The first-order valence-electron chi connectivity index (χ1n) is 4.17. The first-order valence-corrected chi connectivity index (χ1v) is 4.17. The molecule has 0 aromatic carbocycles. The first kappa shape index (κ1) is 9.64. The van der Waals surface area contributed by atoms with Crippen molar-refractivity contribution >= 4 is 6.47 Å². The summed E-state index contributed by atoms with van der Waals surface area (Å²) >= 11 is 0. The van der Waals surface area contributed by atoms with Gasteiger partial charge < -0.3 is 4.74 Å². The molecular formula is C9H11N2O2. The smallest absolute Gasteiger partial charge is 0.418 e. The van der Waals surface area contributed by atoms with Crippen LogP contribution in [0.3, 0.4) is 0 Å². The molecule has 1 radical (unpaired) electrons. The third-order valence-corrected chi connectivity index (χ3v) is 1.65. The van der Waals surface area contributed by atoms with Gasteiger partial charge in [-0.25, -0.2) is 4.79 Å². The molecule has 1 atom stereocenters. The second kappa shape index (κ2) is 5.24. The fraction of sp³-hybridized carbons (Fsp3) is 0.444. The molecule has 0 spiro atoms. The predicted molar refractivity (Wildman–Crippen MR) is 46.5 cm³/mol. The van der Waals surface area contributed by atoms with Gasteiger partial charge in [-0.2, -0.15) is 0 Å². The van der Waals surface area contributed by atoms with Crippen molar-refractivity contribution in [2.24, 2.45) is 0 Å². The highest BCUT2D eigenvalue weighted by Crippen LogP contribution is 2.18. The molecule has 1 rings (SSSR count). The predicted octanol–water partition coefficient (Wildman–Crippen LogP) is 1.40. The van der Waals surface area contributed by atoms with Crippen LogP contribution in [-0.2, 0) is 9.53 Å². The summed E-state index contributed by atoms with van der Waals surface area (Å²) < 4.78 is 4.76. The molecule has 0 bridgehead atoms. The molecule has 0 fully saturated rings. The van der Waals surface area contributed by atoms with Crippen molar-refractivity contribution in [2.45, 2.75) is 25.9 Å². The van der Waals surface area contributed by atoms with Crippen LogP contribution in [-0.4, -0.2) is 16.4 Å². The van der Waals surface area contributed by atoms with Crippen LogP contribution in [0, 0.1) is 0 Å². The number of nitrogens with zero attached hydrogens (tertiary/aromatic N) is 2. The highest BCUT2D eigenvalue weighted by molar-refractivity contribution is 5.39. The quantitative estimate of drug-likeness (QED) is 0.685. The van der Waals surface area contributed by atoms with Crippen molar-refractivity contribution in [3.05, 3.63) is 24.3 Å². The van der Waals surface area contributed by atoms with Gasteiger partial charge >= 0.3 is 6.47 Å². The summed E-state index contributed by atoms with van der Waals surface area (Å²) in [4.78, 5) is 18.0. The zero-order chi connectivity index (χ0) is 9.52. The van der Waals surface area contributed by atoms with Crippen molar-refractivity contribution in [1.82, 2.24) is 9.97 Å². The maximum atomic E-state index is 10.1. The largest absolute Gasteiger partial charge is 0.447 e. The molecule has 0 aliphatic rings. The molecule has 4 heteroatoms. The lowest BCUT2D eigenvalue weighted by Gasteiger charge is -2.11. The molecule has 0 N–H and O–H groups in total. The van der Waals surface area contributed by atoms with Crippen LogP contribution >= 0.6 is 0 Å². The van der Waals surface area contributed by atoms with E-state index in [-0.39, 0.29) is 6.10 Å². The fourth-order valence-corrected chi connectivity index (χ4v) is 1.06. The van der Waals surface area contributed by atoms with E-state index in [0.29, 0.717) is 5.69 Å². The van der Waals surface area contributed by atoms with E-state index in [0.717, 1.165) is 12.8 Å². The molecular weight excluding hydrogens is 168 g/mol. The Morgan fingerprint density at radius 2 is 2.46 bits per heavy atom. The van der Waals surface area contributed by atoms with E-state index in [1.165, 1.54) is 6.47 Å². The van der Waals surface area contributed by atoms with Crippen molar-refractivity contribution in [3.8, 4) is 0 Å². The van der Waals surface area contributed by atoms with Gasteiger partial charge in [0.05, 0.1) is 11.9 Å². The minimum absolute atomic E-state index is 0.309. The molecule has 0 saturated heterocycles. The zero-order valence-corrected chi connectivity index (χ0v) is 7.43. The normalized spacial score (nSPS) is 12.1. The maximum Gasteiger partial charge on any atom is 0.418 e. The molecule has 0 saturated carbocycles. The van der Waals surface area contributed by atoms with E-state index in [9.17, 15) is 4.79 Å². The van der Waals surface area contributed by atoms with E-state index < -0.39 is 0 Å². The Morgan fingerprint density at radius 1 is 1.62 bits per heavy atom. The van der Waals surface area contributed by atoms with Gasteiger partial charge in [0.2, 0.25) is 0 Å². The molecule has 1 unspecified atom stereocenters. The summed E-state index contributed by atoms with van der Waals surface area (Å²) in [6.45, 7) is 3.44. The van der Waals surface area contributed by atoms with Crippen molar-refractivity contribution in [1.29, 1.82) is 0 Å². The molecule has 0 aliphatic heterocycles. The van der Waals surface area contributed by atoms with Gasteiger partial charge in [-0.1, -0.05) is 13.3 Å². The van der Waals surface area contributed by atoms with Gasteiger partial charge in [0.1, 0.15) is 6.10 Å². The van der Waals surface area contributed by atoms with Crippen LogP contribution in [0.5, 0.6) is 0 Å². The van der Waals surface area contributed by atoms with Crippen LogP contribution in [0.15, 0.2) is 18.6 Å². The Hall–Kier alpha value is -1.45. The lowest BCUT2D eigenvalue weighted by Crippen LogP contribution is -2.05. The molecule has 1 aromatic heterocycles. The van der Waals surface area contributed by atoms with Crippen LogP contribution in [0.1, 0.15) is 31.6 Å². The lowest BCUT2D eigenvalue weighted by molar-refractivity contribution is 0.164. The SMILES string of the molecule is CCCC(O[C]=O)c1cnccn1. The zero-order valence-electron chi connectivity index (χ0n) is 7.43. The van der Waals surface area contributed by atoms with Crippen molar-refractivity contribution in [3.63, 3.8) is 0 Å². The summed E-state index contributed by atoms with van der Waals surface area (Å²) in [5.74, 6) is 0. The van der Waals surface area contributed by atoms with E-state index in [1.807, 2.05) is 6.92 Å². The van der Waals surface area contributed by atoms with E-state index in [4.69, 9.17) is 4.74 Å². The number of ether oxygens (including phenoxy) is 1.